The molecule has 0 saturated carbocycles. The molecule has 3 heterocycles. The standard InChI is InChI=1S/C26H25F3N6O2S/c1-25(2)23(36)34(19-4-3-17(15-30)21(14-19)26(27,28)29)24(38)35(25)20-5-6-22-18(13-20)16-33(31-22)8-7-32-9-11-37-12-10-32/h3-6,13-14,16H,7-12H2,1-2H3. The smallest absolute Gasteiger partial charge is 0.379 e. The molecular weight excluding hydrogens is 517 g/mol. The van der Waals surface area contributed by atoms with Gasteiger partial charge >= 0.3 is 6.18 Å². The van der Waals surface area contributed by atoms with Crippen LogP contribution in [-0.4, -0.2) is 64.1 Å². The molecule has 198 valence electrons. The van der Waals surface area contributed by atoms with Gasteiger partial charge < -0.3 is 9.64 Å². The first-order chi connectivity index (χ1) is 18.0. The third-order valence-corrected chi connectivity index (χ3v) is 7.26. The fraction of sp³-hybridized carbons (Fsp3) is 0.385. The lowest BCUT2D eigenvalue weighted by atomic mass is 10.0. The Morgan fingerprint density at radius 2 is 1.82 bits per heavy atom. The number of alkyl halides is 3. The number of carbonyl (C=O) groups is 1. The van der Waals surface area contributed by atoms with Gasteiger partial charge in [0, 0.05) is 36.9 Å². The molecule has 38 heavy (non-hydrogen) atoms. The van der Waals surface area contributed by atoms with Crippen molar-refractivity contribution in [3.8, 4) is 6.07 Å². The van der Waals surface area contributed by atoms with Crippen LogP contribution in [0.5, 0.6) is 0 Å². The van der Waals surface area contributed by atoms with E-state index in [9.17, 15) is 18.0 Å². The van der Waals surface area contributed by atoms with Crippen LogP contribution in [0.3, 0.4) is 0 Å². The van der Waals surface area contributed by atoms with E-state index in [0.717, 1.165) is 60.8 Å². The summed E-state index contributed by atoms with van der Waals surface area (Å²) in [5.41, 5.74) is -1.44. The van der Waals surface area contributed by atoms with Crippen molar-refractivity contribution >= 4 is 45.5 Å². The molecule has 0 atom stereocenters. The van der Waals surface area contributed by atoms with Crippen LogP contribution in [-0.2, 0) is 22.3 Å². The summed E-state index contributed by atoms with van der Waals surface area (Å²) in [6, 6.07) is 10.2. The predicted molar refractivity (Wildman–Crippen MR) is 140 cm³/mol. The third kappa shape index (κ3) is 4.62. The summed E-state index contributed by atoms with van der Waals surface area (Å²) in [5, 5.41) is 14.7. The van der Waals surface area contributed by atoms with E-state index in [4.69, 9.17) is 22.2 Å². The number of halogens is 3. The van der Waals surface area contributed by atoms with Gasteiger partial charge in [0.1, 0.15) is 5.54 Å². The average molecular weight is 543 g/mol. The molecule has 2 fully saturated rings. The summed E-state index contributed by atoms with van der Waals surface area (Å²) in [5.74, 6) is -0.471. The molecule has 0 aliphatic carbocycles. The number of morpholine rings is 1. The van der Waals surface area contributed by atoms with Crippen LogP contribution in [0.4, 0.5) is 24.5 Å². The first-order valence-corrected chi connectivity index (χ1v) is 12.5. The Morgan fingerprint density at radius 1 is 1.11 bits per heavy atom. The molecule has 0 radical (unpaired) electrons. The molecule has 0 N–H and O–H groups in total. The molecule has 8 nitrogen and oxygen atoms in total. The largest absolute Gasteiger partial charge is 0.417 e. The summed E-state index contributed by atoms with van der Waals surface area (Å²) < 4.78 is 48.0. The van der Waals surface area contributed by atoms with Crippen LogP contribution in [0, 0.1) is 11.3 Å². The number of nitrogens with zero attached hydrogens (tertiary/aromatic N) is 6. The Kier molecular flexibility index (Phi) is 6.63. The predicted octanol–water partition coefficient (Wildman–Crippen LogP) is 4.18. The average Bonchev–Trinajstić information content (AvgIpc) is 3.37. The van der Waals surface area contributed by atoms with Crippen molar-refractivity contribution in [2.75, 3.05) is 42.6 Å². The molecule has 12 heteroatoms. The molecule has 1 aromatic heterocycles. The molecule has 0 spiro atoms. The normalized spacial score (nSPS) is 18.4. The molecule has 2 aliphatic heterocycles. The number of aromatic nitrogens is 2. The highest BCUT2D eigenvalue weighted by molar-refractivity contribution is 7.81. The van der Waals surface area contributed by atoms with E-state index in [0.29, 0.717) is 12.2 Å². The van der Waals surface area contributed by atoms with Gasteiger partial charge in [0.25, 0.3) is 5.91 Å². The molecule has 2 aliphatic rings. The van der Waals surface area contributed by atoms with Gasteiger partial charge in [-0.3, -0.25) is 19.3 Å². The fourth-order valence-corrected chi connectivity index (χ4v) is 5.37. The topological polar surface area (TPSA) is 77.6 Å². The van der Waals surface area contributed by atoms with Crippen molar-refractivity contribution in [2.45, 2.75) is 32.1 Å². The third-order valence-electron chi connectivity index (χ3n) is 6.90. The van der Waals surface area contributed by atoms with Crippen LogP contribution in [0.1, 0.15) is 25.0 Å². The van der Waals surface area contributed by atoms with Gasteiger partial charge in [-0.2, -0.15) is 23.5 Å². The fourth-order valence-electron chi connectivity index (χ4n) is 4.85. The molecule has 0 unspecified atom stereocenters. The number of nitriles is 1. The SMILES string of the molecule is CC1(C)C(=O)N(c2ccc(C#N)c(C(F)(F)F)c2)C(=S)N1c1ccc2nn(CCN3CCOCC3)cc2c1. The molecule has 2 aromatic carbocycles. The second-order valence-corrected chi connectivity index (χ2v) is 10.1. The van der Waals surface area contributed by atoms with Gasteiger partial charge in [-0.05, 0) is 62.5 Å². The van der Waals surface area contributed by atoms with Gasteiger partial charge in [-0.25, -0.2) is 0 Å². The quantitative estimate of drug-likeness (QED) is 0.448. The number of carbonyl (C=O) groups excluding carboxylic acids is 1. The molecule has 0 bridgehead atoms. The van der Waals surface area contributed by atoms with Crippen LogP contribution < -0.4 is 9.80 Å². The number of ether oxygens (including phenoxy) is 1. The van der Waals surface area contributed by atoms with E-state index in [-0.39, 0.29) is 10.8 Å². The van der Waals surface area contributed by atoms with Gasteiger partial charge in [0.15, 0.2) is 5.11 Å². The highest BCUT2D eigenvalue weighted by atomic mass is 32.1. The molecule has 1 amide bonds. The van der Waals surface area contributed by atoms with Crippen molar-refractivity contribution in [1.29, 1.82) is 5.26 Å². The Morgan fingerprint density at radius 3 is 2.50 bits per heavy atom. The van der Waals surface area contributed by atoms with Gasteiger partial charge in [-0.1, -0.05) is 0 Å². The van der Waals surface area contributed by atoms with E-state index in [1.807, 2.05) is 23.0 Å². The van der Waals surface area contributed by atoms with E-state index in [1.165, 1.54) is 6.07 Å². The monoisotopic (exact) mass is 542 g/mol. The van der Waals surface area contributed by atoms with Crippen molar-refractivity contribution in [3.63, 3.8) is 0 Å². The summed E-state index contributed by atoms with van der Waals surface area (Å²) in [7, 11) is 0. The number of fused-ring (bicyclic) bond motifs is 1. The number of benzene rings is 2. The molecule has 5 rings (SSSR count). The second kappa shape index (κ2) is 9.65. The first kappa shape index (κ1) is 26.1. The summed E-state index contributed by atoms with van der Waals surface area (Å²) >= 11 is 5.64. The number of anilines is 2. The Labute approximate surface area is 222 Å². The lowest BCUT2D eigenvalue weighted by molar-refractivity contribution is -0.137. The minimum absolute atomic E-state index is 0.0427. The maximum Gasteiger partial charge on any atom is 0.417 e. The highest BCUT2D eigenvalue weighted by Crippen LogP contribution is 2.40. The Balaban J connectivity index is 1.44. The number of thiocarbonyl (C=S) groups is 1. The summed E-state index contributed by atoms with van der Waals surface area (Å²) in [6.07, 6.45) is -2.82. The second-order valence-electron chi connectivity index (χ2n) is 9.75. The van der Waals surface area contributed by atoms with Gasteiger partial charge in [-0.15, -0.1) is 0 Å². The number of hydrogen-bond donors (Lipinski definition) is 0. The van der Waals surface area contributed by atoms with Crippen molar-refractivity contribution < 1.29 is 22.7 Å². The van der Waals surface area contributed by atoms with E-state index in [2.05, 4.69) is 10.00 Å². The van der Waals surface area contributed by atoms with Crippen LogP contribution in [0.2, 0.25) is 0 Å². The van der Waals surface area contributed by atoms with E-state index in [1.54, 1.807) is 30.9 Å². The maximum atomic E-state index is 13.6. The molecular formula is C26H25F3N6O2S. The minimum Gasteiger partial charge on any atom is -0.379 e. The summed E-state index contributed by atoms with van der Waals surface area (Å²) in [6.45, 7) is 8.14. The van der Waals surface area contributed by atoms with E-state index >= 15 is 0 Å². The van der Waals surface area contributed by atoms with Crippen LogP contribution in [0.25, 0.3) is 10.9 Å². The lowest BCUT2D eigenvalue weighted by Gasteiger charge is -2.29. The molecule has 2 saturated heterocycles. The molecule has 3 aromatic rings. The zero-order valence-corrected chi connectivity index (χ0v) is 21.6. The van der Waals surface area contributed by atoms with Crippen molar-refractivity contribution in [2.24, 2.45) is 0 Å². The zero-order chi connectivity index (χ0) is 27.2. The van der Waals surface area contributed by atoms with Gasteiger partial charge in [0.2, 0.25) is 0 Å². The first-order valence-electron chi connectivity index (χ1n) is 12.1. The summed E-state index contributed by atoms with van der Waals surface area (Å²) in [4.78, 5) is 18.5. The van der Waals surface area contributed by atoms with Gasteiger partial charge in [0.05, 0.1) is 48.2 Å². The van der Waals surface area contributed by atoms with E-state index < -0.39 is 28.7 Å². The minimum atomic E-state index is -4.76. The maximum absolute atomic E-state index is 13.6. The number of amides is 1. The Bertz CT molecular complexity index is 1460. The Hall–Kier alpha value is -3.53. The van der Waals surface area contributed by atoms with Crippen molar-refractivity contribution in [1.82, 2.24) is 14.7 Å². The highest BCUT2D eigenvalue weighted by Gasteiger charge is 2.50. The van der Waals surface area contributed by atoms with Crippen LogP contribution >= 0.6 is 12.2 Å². The van der Waals surface area contributed by atoms with Crippen molar-refractivity contribution in [3.05, 3.63) is 53.7 Å². The van der Waals surface area contributed by atoms with Crippen LogP contribution in [0.15, 0.2) is 42.6 Å². The number of hydrogen-bond acceptors (Lipinski definition) is 6. The zero-order valence-electron chi connectivity index (χ0n) is 20.8. The number of rotatable bonds is 5. The lowest BCUT2D eigenvalue weighted by Crippen LogP contribution is -2.44.